The van der Waals surface area contributed by atoms with E-state index < -0.39 is 16.1 Å². The summed E-state index contributed by atoms with van der Waals surface area (Å²) in [5, 5.41) is 2.51. The summed E-state index contributed by atoms with van der Waals surface area (Å²) in [6.45, 7) is 20.8. The number of allylic oxidation sites excluding steroid dienone is 2. The normalized spacial score (nSPS) is 13.4. The summed E-state index contributed by atoms with van der Waals surface area (Å²) in [6.07, 6.45) is 8.44. The number of hydrogen-bond donors (Lipinski definition) is 0. The Bertz CT molecular complexity index is 683. The van der Waals surface area contributed by atoms with Crippen molar-refractivity contribution < 1.29 is 0 Å². The standard InChI is InChI=1S/C19H33NOSi2/c1-10-13-15-17(22(4,5)6)16(14-11-2)20(12-3)19(21)18(15)23(7,8)9/h10-11,13-14H,12H2,1-9H3/b13-10+,14-11+. The van der Waals surface area contributed by atoms with Crippen LogP contribution in [0.4, 0.5) is 0 Å². The molecule has 0 radical (unpaired) electrons. The van der Waals surface area contributed by atoms with Gasteiger partial charge in [0.05, 0.1) is 16.1 Å². The maximum Gasteiger partial charge on any atom is 0.250 e. The minimum atomic E-state index is -1.75. The minimum absolute atomic E-state index is 0.217. The van der Waals surface area contributed by atoms with Gasteiger partial charge in [-0.2, -0.15) is 0 Å². The Morgan fingerprint density at radius 3 is 1.70 bits per heavy atom. The highest BCUT2D eigenvalue weighted by molar-refractivity contribution is 6.92. The second kappa shape index (κ2) is 7.18. The molecule has 4 heteroatoms. The Morgan fingerprint density at radius 1 is 0.870 bits per heavy atom. The van der Waals surface area contributed by atoms with Crippen LogP contribution in [-0.4, -0.2) is 20.7 Å². The van der Waals surface area contributed by atoms with Crippen molar-refractivity contribution in [1.82, 2.24) is 4.57 Å². The smallest absolute Gasteiger partial charge is 0.250 e. The molecule has 0 amide bonds. The molecule has 1 aromatic rings. The highest BCUT2D eigenvalue weighted by atomic mass is 28.3. The molecule has 0 aliphatic rings. The fourth-order valence-electron chi connectivity index (χ4n) is 3.25. The fraction of sp³-hybridized carbons (Fsp3) is 0.526. The van der Waals surface area contributed by atoms with Crippen LogP contribution in [0.15, 0.2) is 16.9 Å². The third-order valence-corrected chi connectivity index (χ3v) is 8.03. The first kappa shape index (κ1) is 19.9. The third-order valence-electron chi connectivity index (χ3n) is 4.02. The zero-order chi connectivity index (χ0) is 18.0. The van der Waals surface area contributed by atoms with Crippen molar-refractivity contribution in [3.63, 3.8) is 0 Å². The lowest BCUT2D eigenvalue weighted by atomic mass is 10.1. The molecule has 128 valence electrons. The molecule has 0 fully saturated rings. The molecule has 0 saturated heterocycles. The summed E-state index contributed by atoms with van der Waals surface area (Å²) in [5.41, 5.74) is 2.55. The van der Waals surface area contributed by atoms with Crippen LogP contribution in [-0.2, 0) is 6.54 Å². The van der Waals surface area contributed by atoms with Gasteiger partial charge in [0.2, 0.25) is 0 Å². The van der Waals surface area contributed by atoms with Crippen LogP contribution in [0.3, 0.4) is 0 Å². The summed E-state index contributed by atoms with van der Waals surface area (Å²) >= 11 is 0. The molecule has 0 N–H and O–H groups in total. The van der Waals surface area contributed by atoms with Crippen molar-refractivity contribution in [3.05, 3.63) is 33.8 Å². The number of nitrogens with zero attached hydrogens (tertiary/aromatic N) is 1. The summed E-state index contributed by atoms with van der Waals surface area (Å²) in [5.74, 6) is 0. The predicted octanol–water partition coefficient (Wildman–Crippen LogP) is 4.02. The van der Waals surface area contributed by atoms with Crippen molar-refractivity contribution in [1.29, 1.82) is 0 Å². The van der Waals surface area contributed by atoms with Crippen molar-refractivity contribution in [3.8, 4) is 0 Å². The first-order valence-electron chi connectivity index (χ1n) is 8.57. The zero-order valence-corrected chi connectivity index (χ0v) is 18.4. The van der Waals surface area contributed by atoms with Crippen molar-refractivity contribution in [2.45, 2.75) is 66.6 Å². The molecule has 0 spiro atoms. The molecule has 0 atom stereocenters. The maximum atomic E-state index is 13.3. The quantitative estimate of drug-likeness (QED) is 0.737. The van der Waals surface area contributed by atoms with E-state index in [2.05, 4.69) is 70.5 Å². The van der Waals surface area contributed by atoms with E-state index in [4.69, 9.17) is 0 Å². The zero-order valence-electron chi connectivity index (χ0n) is 16.4. The van der Waals surface area contributed by atoms with Crippen LogP contribution in [0.25, 0.3) is 12.2 Å². The van der Waals surface area contributed by atoms with Crippen LogP contribution in [0.1, 0.15) is 32.0 Å². The Balaban J connectivity index is 4.24. The molecule has 2 nitrogen and oxygen atoms in total. The highest BCUT2D eigenvalue weighted by Crippen LogP contribution is 2.15. The molecule has 1 rings (SSSR count). The number of rotatable bonds is 5. The Labute approximate surface area is 144 Å². The van der Waals surface area contributed by atoms with Crippen molar-refractivity contribution >= 4 is 38.7 Å². The third kappa shape index (κ3) is 4.04. The van der Waals surface area contributed by atoms with Crippen LogP contribution in [0, 0.1) is 0 Å². The van der Waals surface area contributed by atoms with Gasteiger partial charge >= 0.3 is 0 Å². The van der Waals surface area contributed by atoms with E-state index in [9.17, 15) is 4.79 Å². The number of aromatic nitrogens is 1. The molecule has 0 saturated carbocycles. The second-order valence-corrected chi connectivity index (χ2v) is 18.1. The molecule has 0 aliphatic heterocycles. The topological polar surface area (TPSA) is 22.0 Å². The van der Waals surface area contributed by atoms with Crippen LogP contribution < -0.4 is 15.9 Å². The van der Waals surface area contributed by atoms with Gasteiger partial charge in [-0.15, -0.1) is 0 Å². The number of hydrogen-bond acceptors (Lipinski definition) is 1. The number of pyridine rings is 1. The molecule has 0 aromatic carbocycles. The summed E-state index contributed by atoms with van der Waals surface area (Å²) in [7, 11) is -3.37. The van der Waals surface area contributed by atoms with Gasteiger partial charge in [0.1, 0.15) is 0 Å². The molecule has 0 aliphatic carbocycles. The van der Waals surface area contributed by atoms with Crippen molar-refractivity contribution in [2.75, 3.05) is 0 Å². The molecule has 0 bridgehead atoms. The van der Waals surface area contributed by atoms with Gasteiger partial charge in [-0.25, -0.2) is 0 Å². The van der Waals surface area contributed by atoms with Gasteiger partial charge in [0, 0.05) is 17.4 Å². The van der Waals surface area contributed by atoms with E-state index in [1.54, 1.807) is 0 Å². The lowest BCUT2D eigenvalue weighted by Gasteiger charge is -2.30. The molecule has 1 heterocycles. The van der Waals surface area contributed by atoms with E-state index in [0.717, 1.165) is 17.4 Å². The molecular formula is C19H33NOSi2. The molecule has 0 unspecified atom stereocenters. The van der Waals surface area contributed by atoms with E-state index in [-0.39, 0.29) is 5.56 Å². The van der Waals surface area contributed by atoms with Crippen LogP contribution >= 0.6 is 0 Å². The summed E-state index contributed by atoms with van der Waals surface area (Å²) < 4.78 is 1.99. The van der Waals surface area contributed by atoms with Gasteiger partial charge in [-0.3, -0.25) is 4.79 Å². The molecule has 1 aromatic heterocycles. The molecule has 23 heavy (non-hydrogen) atoms. The maximum absolute atomic E-state index is 13.3. The average Bonchev–Trinajstić information content (AvgIpc) is 2.36. The first-order chi connectivity index (χ1) is 10.5. The predicted molar refractivity (Wildman–Crippen MR) is 112 cm³/mol. The van der Waals surface area contributed by atoms with E-state index >= 15 is 0 Å². The van der Waals surface area contributed by atoms with Gasteiger partial charge in [-0.05, 0) is 37.6 Å². The Kier molecular flexibility index (Phi) is 6.21. The Morgan fingerprint density at radius 2 is 1.35 bits per heavy atom. The Hall–Kier alpha value is -1.14. The molecular weight excluding hydrogens is 314 g/mol. The van der Waals surface area contributed by atoms with Gasteiger partial charge in [-0.1, -0.05) is 57.5 Å². The average molecular weight is 348 g/mol. The van der Waals surface area contributed by atoms with Gasteiger partial charge < -0.3 is 4.57 Å². The fourth-order valence-corrected chi connectivity index (χ4v) is 7.17. The monoisotopic (exact) mass is 347 g/mol. The SMILES string of the molecule is C/C=C/c1c([Si](C)(C)C)c(/C=C/C)n(CC)c(=O)c1[Si](C)(C)C. The first-order valence-corrected chi connectivity index (χ1v) is 15.6. The largest absolute Gasteiger partial charge is 0.309 e. The summed E-state index contributed by atoms with van der Waals surface area (Å²) in [6, 6.07) is 0. The van der Waals surface area contributed by atoms with Gasteiger partial charge in [0.15, 0.2) is 0 Å². The van der Waals surface area contributed by atoms with E-state index in [0.29, 0.717) is 0 Å². The van der Waals surface area contributed by atoms with Gasteiger partial charge in [0.25, 0.3) is 5.56 Å². The van der Waals surface area contributed by atoms with Crippen LogP contribution in [0.2, 0.25) is 39.3 Å². The van der Waals surface area contributed by atoms with Crippen LogP contribution in [0.5, 0.6) is 0 Å². The second-order valence-electron chi connectivity index (χ2n) is 8.10. The minimum Gasteiger partial charge on any atom is -0.309 e. The lowest BCUT2D eigenvalue weighted by Crippen LogP contribution is -2.59. The van der Waals surface area contributed by atoms with E-state index in [1.165, 1.54) is 10.8 Å². The highest BCUT2D eigenvalue weighted by Gasteiger charge is 2.32. The van der Waals surface area contributed by atoms with E-state index in [1.807, 2.05) is 18.4 Å². The summed E-state index contributed by atoms with van der Waals surface area (Å²) in [4.78, 5) is 13.3. The van der Waals surface area contributed by atoms with Crippen molar-refractivity contribution in [2.24, 2.45) is 0 Å². The lowest BCUT2D eigenvalue weighted by molar-refractivity contribution is 0.726.